The Kier molecular flexibility index (Phi) is 4.84. The van der Waals surface area contributed by atoms with Crippen LogP contribution in [0.3, 0.4) is 0 Å². The molecule has 0 aliphatic carbocycles. The molecule has 0 spiro atoms. The third kappa shape index (κ3) is 3.54. The molecule has 2 N–H and O–H groups in total. The predicted octanol–water partition coefficient (Wildman–Crippen LogP) is -0.310. The van der Waals surface area contributed by atoms with E-state index in [1.165, 1.54) is 0 Å². The number of hydrogen-bond acceptors (Lipinski definition) is 6. The minimum atomic E-state index is -1.07. The fraction of sp³-hybridized carbons (Fsp3) is 0.750. The molecule has 1 aromatic rings. The first kappa shape index (κ1) is 15.4. The van der Waals surface area contributed by atoms with Crippen LogP contribution in [-0.4, -0.2) is 60.3 Å². The summed E-state index contributed by atoms with van der Waals surface area (Å²) in [6, 6.07) is 0. The van der Waals surface area contributed by atoms with Gasteiger partial charge in [0.2, 0.25) is 0 Å². The van der Waals surface area contributed by atoms with E-state index < -0.39 is 23.8 Å². The minimum Gasteiger partial charge on any atom is -0.481 e. The van der Waals surface area contributed by atoms with Gasteiger partial charge in [-0.2, -0.15) is 0 Å². The van der Waals surface area contributed by atoms with Crippen LogP contribution in [0.5, 0.6) is 0 Å². The number of piperidine rings is 1. The number of aromatic nitrogens is 4. The summed E-state index contributed by atoms with van der Waals surface area (Å²) in [5.74, 6) is -3.16. The molecular formula is C12H19N5O4. The molecule has 1 saturated heterocycles. The zero-order valence-corrected chi connectivity index (χ0v) is 11.8. The number of carbonyl (C=O) groups is 2. The molecule has 2 heterocycles. The molecule has 1 aliphatic rings. The van der Waals surface area contributed by atoms with Crippen molar-refractivity contribution in [2.75, 3.05) is 13.1 Å². The van der Waals surface area contributed by atoms with Gasteiger partial charge >= 0.3 is 11.9 Å². The van der Waals surface area contributed by atoms with E-state index in [2.05, 4.69) is 15.5 Å². The van der Waals surface area contributed by atoms with Crippen LogP contribution < -0.4 is 0 Å². The first-order chi connectivity index (χ1) is 10.0. The quantitative estimate of drug-likeness (QED) is 0.733. The van der Waals surface area contributed by atoms with Gasteiger partial charge in [0.15, 0.2) is 5.82 Å². The second-order valence-corrected chi connectivity index (χ2v) is 5.23. The highest BCUT2D eigenvalue weighted by atomic mass is 16.4. The molecule has 0 aromatic carbocycles. The number of rotatable bonds is 6. The highest BCUT2D eigenvalue weighted by Gasteiger charge is 2.38. The number of tetrazole rings is 1. The smallest absolute Gasteiger partial charge is 0.308 e. The van der Waals surface area contributed by atoms with Gasteiger partial charge in [-0.05, 0) is 29.8 Å². The molecule has 1 aromatic heterocycles. The maximum Gasteiger partial charge on any atom is 0.308 e. The van der Waals surface area contributed by atoms with Crippen LogP contribution in [0.25, 0.3) is 0 Å². The molecule has 116 valence electrons. The van der Waals surface area contributed by atoms with E-state index in [1.54, 1.807) is 4.68 Å². The third-order valence-electron chi connectivity index (χ3n) is 3.74. The normalized spacial score (nSPS) is 23.1. The second-order valence-electron chi connectivity index (χ2n) is 5.23. The van der Waals surface area contributed by atoms with Crippen LogP contribution >= 0.6 is 0 Å². The molecule has 21 heavy (non-hydrogen) atoms. The Bertz CT molecular complexity index is 518. The number of aryl methyl sites for hydroxylation is 1. The molecule has 9 nitrogen and oxygen atoms in total. The lowest BCUT2D eigenvalue weighted by atomic mass is 9.85. The third-order valence-corrected chi connectivity index (χ3v) is 3.74. The maximum absolute atomic E-state index is 11.3. The standard InChI is InChI=1S/C12H19N5O4/c1-2-4-17-10(13-14-15-17)7-16-5-3-8(11(18)19)9(6-16)12(20)21/h8-9H,2-7H2,1H3,(H,18,19)(H,20,21). The number of likely N-dealkylation sites (tertiary alicyclic amines) is 1. The zero-order valence-electron chi connectivity index (χ0n) is 11.8. The molecule has 9 heteroatoms. The SMILES string of the molecule is CCCn1nnnc1CN1CCC(C(=O)O)C(C(=O)O)C1. The lowest BCUT2D eigenvalue weighted by molar-refractivity contribution is -0.157. The molecule has 0 bridgehead atoms. The summed E-state index contributed by atoms with van der Waals surface area (Å²) in [5, 5.41) is 29.8. The molecule has 1 fully saturated rings. The van der Waals surface area contributed by atoms with Crippen LogP contribution in [-0.2, 0) is 22.7 Å². The average Bonchev–Trinajstić information content (AvgIpc) is 2.86. The van der Waals surface area contributed by atoms with Crippen LogP contribution in [0, 0.1) is 11.8 Å². The first-order valence-corrected chi connectivity index (χ1v) is 6.96. The van der Waals surface area contributed by atoms with Crippen molar-refractivity contribution in [2.24, 2.45) is 11.8 Å². The second kappa shape index (κ2) is 6.61. The van der Waals surface area contributed by atoms with Crippen molar-refractivity contribution < 1.29 is 19.8 Å². The Balaban J connectivity index is 2.04. The lowest BCUT2D eigenvalue weighted by Crippen LogP contribution is -2.46. The first-order valence-electron chi connectivity index (χ1n) is 6.96. The fourth-order valence-electron chi connectivity index (χ4n) is 2.63. The summed E-state index contributed by atoms with van der Waals surface area (Å²) in [6.07, 6.45) is 1.22. The zero-order chi connectivity index (χ0) is 15.4. The molecule has 0 amide bonds. The van der Waals surface area contributed by atoms with Gasteiger partial charge in [-0.15, -0.1) is 5.10 Å². The van der Waals surface area contributed by atoms with E-state index in [4.69, 9.17) is 5.11 Å². The summed E-state index contributed by atoms with van der Waals surface area (Å²) in [5.41, 5.74) is 0. The Morgan fingerprint density at radius 2 is 2.00 bits per heavy atom. The minimum absolute atomic E-state index is 0.200. The van der Waals surface area contributed by atoms with Crippen molar-refractivity contribution >= 4 is 11.9 Å². The highest BCUT2D eigenvalue weighted by Crippen LogP contribution is 2.25. The van der Waals surface area contributed by atoms with Gasteiger partial charge in [0.05, 0.1) is 18.4 Å². The van der Waals surface area contributed by atoms with Gasteiger partial charge in [0.1, 0.15) is 0 Å². The van der Waals surface area contributed by atoms with Crippen molar-refractivity contribution in [1.82, 2.24) is 25.1 Å². The van der Waals surface area contributed by atoms with E-state index >= 15 is 0 Å². The van der Waals surface area contributed by atoms with Crippen LogP contribution in [0.15, 0.2) is 0 Å². The molecule has 0 radical (unpaired) electrons. The molecule has 2 unspecified atom stereocenters. The largest absolute Gasteiger partial charge is 0.481 e. The van der Waals surface area contributed by atoms with Gasteiger partial charge < -0.3 is 10.2 Å². The van der Waals surface area contributed by atoms with Gasteiger partial charge in [0.25, 0.3) is 0 Å². The molecule has 0 saturated carbocycles. The summed E-state index contributed by atoms with van der Waals surface area (Å²) >= 11 is 0. The summed E-state index contributed by atoms with van der Waals surface area (Å²) in [4.78, 5) is 24.3. The van der Waals surface area contributed by atoms with E-state index in [1.807, 2.05) is 11.8 Å². The van der Waals surface area contributed by atoms with Crippen LogP contribution in [0.4, 0.5) is 0 Å². The summed E-state index contributed by atoms with van der Waals surface area (Å²) in [7, 11) is 0. The summed E-state index contributed by atoms with van der Waals surface area (Å²) in [6.45, 7) is 3.88. The number of hydrogen-bond donors (Lipinski definition) is 2. The van der Waals surface area contributed by atoms with E-state index in [9.17, 15) is 14.7 Å². The Morgan fingerprint density at radius 1 is 1.29 bits per heavy atom. The van der Waals surface area contributed by atoms with Crippen LogP contribution in [0.1, 0.15) is 25.6 Å². The highest BCUT2D eigenvalue weighted by molar-refractivity contribution is 5.80. The number of aliphatic carboxylic acids is 2. The van der Waals surface area contributed by atoms with Gasteiger partial charge in [0, 0.05) is 13.1 Å². The topological polar surface area (TPSA) is 121 Å². The van der Waals surface area contributed by atoms with E-state index in [0.29, 0.717) is 31.9 Å². The summed E-state index contributed by atoms with van der Waals surface area (Å²) < 4.78 is 1.69. The van der Waals surface area contributed by atoms with Crippen molar-refractivity contribution in [3.8, 4) is 0 Å². The van der Waals surface area contributed by atoms with Crippen molar-refractivity contribution in [3.05, 3.63) is 5.82 Å². The maximum atomic E-state index is 11.3. The predicted molar refractivity (Wildman–Crippen MR) is 70.3 cm³/mol. The number of carboxylic acid groups (broad SMARTS) is 2. The van der Waals surface area contributed by atoms with Crippen LogP contribution in [0.2, 0.25) is 0 Å². The molecular weight excluding hydrogens is 278 g/mol. The van der Waals surface area contributed by atoms with E-state index in [0.717, 1.165) is 6.42 Å². The molecule has 1 aliphatic heterocycles. The monoisotopic (exact) mass is 297 g/mol. The van der Waals surface area contributed by atoms with E-state index in [-0.39, 0.29) is 6.54 Å². The van der Waals surface area contributed by atoms with Crippen molar-refractivity contribution in [3.63, 3.8) is 0 Å². The molecule has 2 rings (SSSR count). The molecule has 2 atom stereocenters. The number of nitrogens with zero attached hydrogens (tertiary/aromatic N) is 5. The average molecular weight is 297 g/mol. The van der Waals surface area contributed by atoms with Gasteiger partial charge in [-0.25, -0.2) is 4.68 Å². The van der Waals surface area contributed by atoms with Crippen molar-refractivity contribution in [2.45, 2.75) is 32.9 Å². The van der Waals surface area contributed by atoms with Gasteiger partial charge in [-0.3, -0.25) is 14.5 Å². The Labute approximate surface area is 121 Å². The fourth-order valence-corrected chi connectivity index (χ4v) is 2.63. The number of carboxylic acids is 2. The Morgan fingerprint density at radius 3 is 2.62 bits per heavy atom. The lowest BCUT2D eigenvalue weighted by Gasteiger charge is -2.34. The van der Waals surface area contributed by atoms with Crippen molar-refractivity contribution in [1.29, 1.82) is 0 Å². The van der Waals surface area contributed by atoms with Gasteiger partial charge in [-0.1, -0.05) is 6.92 Å². The Hall–Kier alpha value is -2.03.